The number of benzene rings is 1. The first-order valence-electron chi connectivity index (χ1n) is 14.2. The molecule has 0 aliphatic rings. The first-order valence-corrected chi connectivity index (χ1v) is 15.0. The summed E-state index contributed by atoms with van der Waals surface area (Å²) in [6.45, 7) is 4.46. The van der Waals surface area contributed by atoms with Crippen molar-refractivity contribution in [1.29, 1.82) is 0 Å². The summed E-state index contributed by atoms with van der Waals surface area (Å²) in [5.74, 6) is -0.264. The molecule has 2 N–H and O–H groups in total. The third kappa shape index (κ3) is 13.8. The highest BCUT2D eigenvalue weighted by Crippen LogP contribution is 2.18. The second-order valence-electron chi connectivity index (χ2n) is 9.69. The van der Waals surface area contributed by atoms with Gasteiger partial charge in [0.25, 0.3) is 5.91 Å². The van der Waals surface area contributed by atoms with Crippen molar-refractivity contribution >= 4 is 39.7 Å². The Morgan fingerprint density at radius 1 is 0.925 bits per heavy atom. The predicted molar refractivity (Wildman–Crippen MR) is 161 cm³/mol. The molecule has 3 amide bonds. The Bertz CT molecular complexity index is 1020. The third-order valence-electron chi connectivity index (χ3n) is 6.27. The molecule has 2 aromatic rings. The van der Waals surface area contributed by atoms with E-state index in [0.717, 1.165) is 12.8 Å². The number of pyridine rings is 1. The highest BCUT2D eigenvalue weighted by Gasteiger charge is 2.19. The molecule has 9 nitrogen and oxygen atoms in total. The van der Waals surface area contributed by atoms with Crippen molar-refractivity contribution in [3.05, 3.63) is 58.8 Å². The summed E-state index contributed by atoms with van der Waals surface area (Å²) >= 11 is 3.33. The summed E-state index contributed by atoms with van der Waals surface area (Å²) in [6, 6.07) is 10.9. The lowest BCUT2D eigenvalue weighted by Gasteiger charge is -2.23. The Balaban J connectivity index is 1.61. The van der Waals surface area contributed by atoms with Crippen molar-refractivity contribution in [2.75, 3.05) is 31.2 Å². The Morgan fingerprint density at radius 2 is 1.60 bits per heavy atom. The number of ether oxygens (including phenoxy) is 2. The van der Waals surface area contributed by atoms with Gasteiger partial charge in [-0.05, 0) is 47.5 Å². The van der Waals surface area contributed by atoms with E-state index < -0.39 is 12.2 Å². The van der Waals surface area contributed by atoms with Gasteiger partial charge < -0.3 is 25.0 Å². The number of carbonyl (C=O) groups excluding carboxylic acids is 3. The van der Waals surface area contributed by atoms with Crippen LogP contribution >= 0.6 is 15.9 Å². The van der Waals surface area contributed by atoms with Crippen molar-refractivity contribution in [1.82, 2.24) is 15.6 Å². The molecular weight excluding hydrogens is 576 g/mol. The van der Waals surface area contributed by atoms with E-state index in [0.29, 0.717) is 15.7 Å². The average molecular weight is 620 g/mol. The van der Waals surface area contributed by atoms with Gasteiger partial charge in [-0.25, -0.2) is 9.59 Å². The Morgan fingerprint density at radius 3 is 2.30 bits per heavy atom. The fourth-order valence-electron chi connectivity index (χ4n) is 4.12. The summed E-state index contributed by atoms with van der Waals surface area (Å²) in [4.78, 5) is 42.8. The van der Waals surface area contributed by atoms with Gasteiger partial charge in [0, 0.05) is 28.6 Å². The molecule has 10 heteroatoms. The van der Waals surface area contributed by atoms with E-state index in [1.54, 1.807) is 12.3 Å². The van der Waals surface area contributed by atoms with Gasteiger partial charge in [0.2, 0.25) is 0 Å². The average Bonchev–Trinajstić information content (AvgIpc) is 2.95. The van der Waals surface area contributed by atoms with E-state index in [2.05, 4.69) is 38.5 Å². The monoisotopic (exact) mass is 618 g/mol. The molecule has 0 bridgehead atoms. The van der Waals surface area contributed by atoms with Crippen LogP contribution in [-0.4, -0.2) is 55.4 Å². The van der Waals surface area contributed by atoms with Crippen molar-refractivity contribution in [3.8, 4) is 0 Å². The van der Waals surface area contributed by atoms with Gasteiger partial charge in [0.15, 0.2) is 0 Å². The number of hydrogen-bond donors (Lipinski definition) is 2. The number of para-hydroxylation sites is 1. The zero-order valence-electron chi connectivity index (χ0n) is 23.7. The molecule has 0 saturated heterocycles. The molecule has 1 heterocycles. The lowest BCUT2D eigenvalue weighted by atomic mass is 10.1. The second-order valence-corrected chi connectivity index (χ2v) is 10.6. The summed E-state index contributed by atoms with van der Waals surface area (Å²) in [5, 5.41) is 5.38. The first-order chi connectivity index (χ1) is 19.4. The maximum Gasteiger partial charge on any atom is 0.407 e. The molecule has 1 aromatic carbocycles. The topological polar surface area (TPSA) is 110 Å². The van der Waals surface area contributed by atoms with Crippen LogP contribution in [0.5, 0.6) is 0 Å². The third-order valence-corrected chi connectivity index (χ3v) is 6.71. The smallest absolute Gasteiger partial charge is 0.407 e. The van der Waals surface area contributed by atoms with Crippen molar-refractivity contribution in [2.24, 2.45) is 0 Å². The number of aromatic nitrogens is 1. The second kappa shape index (κ2) is 19.8. The van der Waals surface area contributed by atoms with Crippen LogP contribution in [0.3, 0.4) is 0 Å². The molecule has 1 unspecified atom stereocenters. The Labute approximate surface area is 246 Å². The number of nitrogens with zero attached hydrogens (tertiary/aromatic N) is 2. The minimum Gasteiger partial charge on any atom is -0.448 e. The minimum absolute atomic E-state index is 0.0223. The van der Waals surface area contributed by atoms with Gasteiger partial charge in [-0.3, -0.25) is 9.78 Å². The molecule has 0 fully saturated rings. The summed E-state index contributed by atoms with van der Waals surface area (Å²) < 4.78 is 11.1. The molecule has 0 saturated carbocycles. The van der Waals surface area contributed by atoms with E-state index in [-0.39, 0.29) is 38.3 Å². The van der Waals surface area contributed by atoms with Gasteiger partial charge >= 0.3 is 12.2 Å². The molecule has 220 valence electrons. The lowest BCUT2D eigenvalue weighted by molar-refractivity contribution is 0.0972. The minimum atomic E-state index is -0.656. The first kappa shape index (κ1) is 33.1. The number of anilines is 1. The molecule has 0 radical (unpaired) electrons. The van der Waals surface area contributed by atoms with Crippen molar-refractivity contribution in [3.63, 3.8) is 0 Å². The number of unbranched alkanes of at least 4 members (excludes halogenated alkanes) is 7. The molecule has 40 heavy (non-hydrogen) atoms. The van der Waals surface area contributed by atoms with Gasteiger partial charge in [0.05, 0.1) is 18.7 Å². The number of alkyl carbamates (subject to hydrolysis) is 2. The highest BCUT2D eigenvalue weighted by molar-refractivity contribution is 9.10. The van der Waals surface area contributed by atoms with Crippen molar-refractivity contribution < 1.29 is 23.9 Å². The lowest BCUT2D eigenvalue weighted by Crippen LogP contribution is -2.37. The molecular formula is C30H43BrN4O5. The quantitative estimate of drug-likeness (QED) is 0.177. The predicted octanol–water partition coefficient (Wildman–Crippen LogP) is 6.86. The van der Waals surface area contributed by atoms with Gasteiger partial charge in [-0.15, -0.1) is 0 Å². The Kier molecular flexibility index (Phi) is 16.4. The SMILES string of the molecule is CCCCCCCCCCC(C)NC(=O)OCCNC(=O)OCCN(C(=O)c1cncc(Br)c1)c1ccccc1. The number of nitrogens with one attached hydrogen (secondary N) is 2. The number of halogens is 1. The molecule has 1 aromatic heterocycles. The van der Waals surface area contributed by atoms with Crippen LogP contribution in [0.1, 0.15) is 82.0 Å². The van der Waals surface area contributed by atoms with Crippen LogP contribution in [0.25, 0.3) is 0 Å². The van der Waals surface area contributed by atoms with Crippen LogP contribution in [0.2, 0.25) is 0 Å². The standard InChI is InChI=1S/C30H43BrN4O5/c1-3-4-5-6-7-8-9-11-14-24(2)34-30(38)39-19-17-33-29(37)40-20-18-35(27-15-12-10-13-16-27)28(36)25-21-26(31)23-32-22-25/h10,12-13,15-16,21-24H,3-9,11,14,17-20H2,1-2H3,(H,33,37)(H,34,38). The van der Waals surface area contributed by atoms with E-state index in [4.69, 9.17) is 9.47 Å². The van der Waals surface area contributed by atoms with Gasteiger partial charge in [-0.2, -0.15) is 0 Å². The van der Waals surface area contributed by atoms with E-state index >= 15 is 0 Å². The van der Waals surface area contributed by atoms with E-state index in [9.17, 15) is 14.4 Å². The summed E-state index contributed by atoms with van der Waals surface area (Å²) in [5.41, 5.74) is 1.08. The maximum atomic E-state index is 13.1. The zero-order chi connectivity index (χ0) is 29.0. The maximum absolute atomic E-state index is 13.1. The molecule has 0 aliphatic carbocycles. The highest BCUT2D eigenvalue weighted by atomic mass is 79.9. The number of hydrogen-bond acceptors (Lipinski definition) is 6. The van der Waals surface area contributed by atoms with E-state index in [1.807, 2.05) is 37.3 Å². The molecule has 1 atom stereocenters. The van der Waals surface area contributed by atoms with Crippen LogP contribution < -0.4 is 15.5 Å². The van der Waals surface area contributed by atoms with Crippen LogP contribution in [0.15, 0.2) is 53.3 Å². The normalized spacial score (nSPS) is 11.4. The summed E-state index contributed by atoms with van der Waals surface area (Å²) in [6.07, 6.45) is 12.9. The fraction of sp³-hybridized carbons (Fsp3) is 0.533. The van der Waals surface area contributed by atoms with Gasteiger partial charge in [0.1, 0.15) is 13.2 Å². The number of rotatable bonds is 18. The number of carbonyl (C=O) groups is 3. The molecule has 0 spiro atoms. The Hall–Kier alpha value is -3.14. The van der Waals surface area contributed by atoms with Crippen LogP contribution in [0, 0.1) is 0 Å². The van der Waals surface area contributed by atoms with Crippen LogP contribution in [0.4, 0.5) is 15.3 Å². The zero-order valence-corrected chi connectivity index (χ0v) is 25.3. The fourth-order valence-corrected chi connectivity index (χ4v) is 4.48. The van der Waals surface area contributed by atoms with Crippen molar-refractivity contribution in [2.45, 2.75) is 77.7 Å². The van der Waals surface area contributed by atoms with E-state index in [1.165, 1.54) is 56.0 Å². The largest absolute Gasteiger partial charge is 0.448 e. The van der Waals surface area contributed by atoms with Crippen LogP contribution in [-0.2, 0) is 9.47 Å². The molecule has 2 rings (SSSR count). The number of amides is 3. The van der Waals surface area contributed by atoms with Gasteiger partial charge in [-0.1, -0.05) is 76.5 Å². The molecule has 0 aliphatic heterocycles. The summed E-state index contributed by atoms with van der Waals surface area (Å²) in [7, 11) is 0.